The van der Waals surface area contributed by atoms with E-state index >= 15 is 0 Å². The monoisotopic (exact) mass is 396 g/mol. The molecule has 2 heterocycles. The molecule has 1 saturated carbocycles. The van der Waals surface area contributed by atoms with Gasteiger partial charge >= 0.3 is 0 Å². The fraction of sp³-hybridized carbons (Fsp3) is 0.565. The van der Waals surface area contributed by atoms with Gasteiger partial charge in [-0.1, -0.05) is 12.5 Å². The van der Waals surface area contributed by atoms with E-state index in [2.05, 4.69) is 46.9 Å². The standard InChI is InChI=1S/C23H32N4O2/c1-16-11-22(29-3)17(2)10-19(16)14-26-8-5-9-27-21(15-26)12-20(25-27)13-24-23(28)18-6-4-7-18/h10-12,18H,4-9,13-15H2,1-3H3,(H,24,28). The number of carbonyl (C=O) groups excluding carboxylic acids is 1. The summed E-state index contributed by atoms with van der Waals surface area (Å²) >= 11 is 0. The van der Waals surface area contributed by atoms with Crippen molar-refractivity contribution in [3.63, 3.8) is 0 Å². The summed E-state index contributed by atoms with van der Waals surface area (Å²) in [5, 5.41) is 7.80. The van der Waals surface area contributed by atoms with Crippen LogP contribution in [0.4, 0.5) is 0 Å². The van der Waals surface area contributed by atoms with E-state index < -0.39 is 0 Å². The van der Waals surface area contributed by atoms with Crippen molar-refractivity contribution in [1.82, 2.24) is 20.0 Å². The lowest BCUT2D eigenvalue weighted by molar-refractivity contribution is -0.127. The van der Waals surface area contributed by atoms with Gasteiger partial charge in [-0.2, -0.15) is 5.10 Å². The lowest BCUT2D eigenvalue weighted by atomic mass is 9.85. The Morgan fingerprint density at radius 1 is 1.17 bits per heavy atom. The van der Waals surface area contributed by atoms with Crippen LogP contribution in [0.5, 0.6) is 5.75 Å². The third-order valence-electron chi connectivity index (χ3n) is 6.31. The molecular weight excluding hydrogens is 364 g/mol. The summed E-state index contributed by atoms with van der Waals surface area (Å²) < 4.78 is 7.57. The molecule has 6 heteroatoms. The Kier molecular flexibility index (Phi) is 5.90. The SMILES string of the molecule is COc1cc(C)c(CN2CCCn3nc(CNC(=O)C4CCC4)cc3C2)cc1C. The molecule has 0 spiro atoms. The number of nitrogens with one attached hydrogen (secondary N) is 1. The molecular formula is C23H32N4O2. The van der Waals surface area contributed by atoms with Crippen molar-refractivity contribution in [3.05, 3.63) is 46.3 Å². The largest absolute Gasteiger partial charge is 0.496 e. The molecule has 1 amide bonds. The minimum absolute atomic E-state index is 0.187. The van der Waals surface area contributed by atoms with E-state index in [-0.39, 0.29) is 11.8 Å². The topological polar surface area (TPSA) is 59.4 Å². The van der Waals surface area contributed by atoms with Crippen LogP contribution >= 0.6 is 0 Å². The molecule has 0 radical (unpaired) electrons. The Bertz CT molecular complexity index is 885. The second kappa shape index (κ2) is 8.57. The zero-order chi connectivity index (χ0) is 20.4. The molecule has 29 heavy (non-hydrogen) atoms. The molecule has 0 atom stereocenters. The molecule has 6 nitrogen and oxygen atoms in total. The maximum absolute atomic E-state index is 12.1. The van der Waals surface area contributed by atoms with Gasteiger partial charge in [0, 0.05) is 32.1 Å². The summed E-state index contributed by atoms with van der Waals surface area (Å²) in [6.07, 6.45) is 4.33. The first-order valence-electron chi connectivity index (χ1n) is 10.7. The lowest BCUT2D eigenvalue weighted by Gasteiger charge is -2.23. The summed E-state index contributed by atoms with van der Waals surface area (Å²) in [6, 6.07) is 6.54. The van der Waals surface area contributed by atoms with Crippen LogP contribution in [0.1, 0.15) is 53.8 Å². The van der Waals surface area contributed by atoms with Gasteiger partial charge in [0.2, 0.25) is 5.91 Å². The van der Waals surface area contributed by atoms with Crippen molar-refractivity contribution in [1.29, 1.82) is 0 Å². The molecule has 1 aromatic heterocycles. The van der Waals surface area contributed by atoms with Crippen LogP contribution in [-0.4, -0.2) is 34.2 Å². The molecule has 4 rings (SSSR count). The predicted molar refractivity (Wildman–Crippen MR) is 113 cm³/mol. The minimum Gasteiger partial charge on any atom is -0.496 e. The van der Waals surface area contributed by atoms with E-state index in [0.29, 0.717) is 6.54 Å². The second-order valence-corrected chi connectivity index (χ2v) is 8.51. The van der Waals surface area contributed by atoms with Gasteiger partial charge in [0.1, 0.15) is 5.75 Å². The molecule has 1 aromatic carbocycles. The fourth-order valence-corrected chi connectivity index (χ4v) is 4.28. The molecule has 1 N–H and O–H groups in total. The number of benzene rings is 1. The average Bonchev–Trinajstić information content (AvgIpc) is 2.93. The highest BCUT2D eigenvalue weighted by molar-refractivity contribution is 5.79. The average molecular weight is 397 g/mol. The van der Waals surface area contributed by atoms with E-state index in [1.54, 1.807) is 7.11 Å². The van der Waals surface area contributed by atoms with Crippen molar-refractivity contribution in [3.8, 4) is 5.75 Å². The van der Waals surface area contributed by atoms with Gasteiger partial charge in [-0.3, -0.25) is 14.4 Å². The highest BCUT2D eigenvalue weighted by atomic mass is 16.5. The van der Waals surface area contributed by atoms with Gasteiger partial charge < -0.3 is 10.1 Å². The van der Waals surface area contributed by atoms with Gasteiger partial charge in [-0.25, -0.2) is 0 Å². The third-order valence-corrected chi connectivity index (χ3v) is 6.31. The number of aryl methyl sites for hydroxylation is 3. The number of methoxy groups -OCH3 is 1. The van der Waals surface area contributed by atoms with E-state index in [0.717, 1.165) is 56.9 Å². The number of amides is 1. The van der Waals surface area contributed by atoms with Gasteiger partial charge in [0.25, 0.3) is 0 Å². The predicted octanol–water partition coefficient (Wildman–Crippen LogP) is 3.33. The van der Waals surface area contributed by atoms with E-state index in [4.69, 9.17) is 9.84 Å². The zero-order valence-electron chi connectivity index (χ0n) is 17.8. The Morgan fingerprint density at radius 3 is 2.72 bits per heavy atom. The number of hydrogen-bond donors (Lipinski definition) is 1. The Morgan fingerprint density at radius 2 is 2.00 bits per heavy atom. The van der Waals surface area contributed by atoms with Crippen molar-refractivity contribution in [2.24, 2.45) is 5.92 Å². The van der Waals surface area contributed by atoms with Gasteiger partial charge in [0.05, 0.1) is 25.0 Å². The van der Waals surface area contributed by atoms with E-state index in [1.165, 1.54) is 28.8 Å². The van der Waals surface area contributed by atoms with Gasteiger partial charge in [0.15, 0.2) is 0 Å². The van der Waals surface area contributed by atoms with Crippen LogP contribution < -0.4 is 10.1 Å². The lowest BCUT2D eigenvalue weighted by Crippen LogP contribution is -2.34. The third kappa shape index (κ3) is 4.47. The second-order valence-electron chi connectivity index (χ2n) is 8.51. The first-order chi connectivity index (χ1) is 14.0. The number of nitrogens with zero attached hydrogens (tertiary/aromatic N) is 3. The Balaban J connectivity index is 1.41. The smallest absolute Gasteiger partial charge is 0.223 e. The van der Waals surface area contributed by atoms with Crippen molar-refractivity contribution in [2.45, 2.75) is 65.7 Å². The summed E-state index contributed by atoms with van der Waals surface area (Å²) in [7, 11) is 1.73. The summed E-state index contributed by atoms with van der Waals surface area (Å²) in [4.78, 5) is 14.6. The van der Waals surface area contributed by atoms with Crippen LogP contribution in [0.2, 0.25) is 0 Å². The molecule has 156 valence electrons. The number of aromatic nitrogens is 2. The molecule has 0 bridgehead atoms. The van der Waals surface area contributed by atoms with Crippen LogP contribution in [0.3, 0.4) is 0 Å². The number of fused-ring (bicyclic) bond motifs is 1. The first kappa shape index (κ1) is 20.0. The summed E-state index contributed by atoms with van der Waals surface area (Å²) in [6.45, 7) is 8.59. The molecule has 2 aliphatic rings. The highest BCUT2D eigenvalue weighted by Crippen LogP contribution is 2.27. The quantitative estimate of drug-likeness (QED) is 0.814. The van der Waals surface area contributed by atoms with Crippen LogP contribution in [0.25, 0.3) is 0 Å². The van der Waals surface area contributed by atoms with Gasteiger partial charge in [-0.15, -0.1) is 0 Å². The number of rotatable bonds is 6. The Hall–Kier alpha value is -2.34. The summed E-state index contributed by atoms with van der Waals surface area (Å²) in [5.74, 6) is 1.36. The summed E-state index contributed by atoms with van der Waals surface area (Å²) in [5.41, 5.74) is 6.00. The Labute approximate surface area is 173 Å². The van der Waals surface area contributed by atoms with E-state index in [9.17, 15) is 4.79 Å². The highest BCUT2D eigenvalue weighted by Gasteiger charge is 2.25. The first-order valence-corrected chi connectivity index (χ1v) is 10.7. The molecule has 0 unspecified atom stereocenters. The normalized spacial score (nSPS) is 17.3. The molecule has 2 aromatic rings. The van der Waals surface area contributed by atoms with Crippen molar-refractivity contribution >= 4 is 5.91 Å². The van der Waals surface area contributed by atoms with E-state index in [1.807, 2.05) is 0 Å². The van der Waals surface area contributed by atoms with Gasteiger partial charge in [-0.05, 0) is 61.9 Å². The number of ether oxygens (including phenoxy) is 1. The van der Waals surface area contributed by atoms with Crippen molar-refractivity contribution in [2.75, 3.05) is 13.7 Å². The zero-order valence-corrected chi connectivity index (χ0v) is 17.8. The maximum atomic E-state index is 12.1. The molecule has 1 aliphatic carbocycles. The van der Waals surface area contributed by atoms with Crippen LogP contribution in [0.15, 0.2) is 18.2 Å². The molecule has 1 aliphatic heterocycles. The number of carbonyl (C=O) groups is 1. The number of hydrogen-bond acceptors (Lipinski definition) is 4. The maximum Gasteiger partial charge on any atom is 0.223 e. The van der Waals surface area contributed by atoms with Crippen molar-refractivity contribution < 1.29 is 9.53 Å². The minimum atomic E-state index is 0.187. The van der Waals surface area contributed by atoms with Crippen LogP contribution in [0, 0.1) is 19.8 Å². The molecule has 1 fully saturated rings. The van der Waals surface area contributed by atoms with Crippen LogP contribution in [-0.2, 0) is 31.0 Å². The molecule has 0 saturated heterocycles. The fourth-order valence-electron chi connectivity index (χ4n) is 4.28.